The van der Waals surface area contributed by atoms with E-state index in [-0.39, 0.29) is 12.6 Å². The van der Waals surface area contributed by atoms with Crippen LogP contribution in [0.3, 0.4) is 0 Å². The molecule has 0 unspecified atom stereocenters. The molecule has 0 saturated heterocycles. The third-order valence-corrected chi connectivity index (χ3v) is 2.41. The van der Waals surface area contributed by atoms with Crippen LogP contribution in [0.25, 0.3) is 11.0 Å². The Morgan fingerprint density at radius 1 is 1.39 bits per heavy atom. The Labute approximate surface area is 105 Å². The fourth-order valence-electron chi connectivity index (χ4n) is 1.65. The highest BCUT2D eigenvalue weighted by atomic mass is 16.3. The second-order valence-electron chi connectivity index (χ2n) is 4.35. The molecule has 3 N–H and O–H groups in total. The van der Waals surface area contributed by atoms with Crippen molar-refractivity contribution < 1.29 is 5.11 Å². The second-order valence-corrected chi connectivity index (χ2v) is 4.35. The van der Waals surface area contributed by atoms with Gasteiger partial charge in [0.1, 0.15) is 5.82 Å². The van der Waals surface area contributed by atoms with Gasteiger partial charge in [0.15, 0.2) is 5.65 Å². The highest BCUT2D eigenvalue weighted by Gasteiger charge is 2.11. The first-order valence-corrected chi connectivity index (χ1v) is 5.93. The van der Waals surface area contributed by atoms with Gasteiger partial charge < -0.3 is 15.7 Å². The Balaban J connectivity index is 2.44. The van der Waals surface area contributed by atoms with E-state index < -0.39 is 0 Å². The quantitative estimate of drug-likeness (QED) is 0.719. The smallest absolute Gasteiger partial charge is 0.226 e. The average Bonchev–Trinajstić information content (AvgIpc) is 2.68. The minimum atomic E-state index is 0.0414. The molecule has 0 aliphatic carbocycles. The molecule has 98 valence electrons. The molecular formula is C11H18N6O. The molecular weight excluding hydrogens is 232 g/mol. The number of aromatic nitrogens is 4. The number of hydrogen-bond donors (Lipinski definition) is 3. The van der Waals surface area contributed by atoms with Crippen molar-refractivity contribution in [1.29, 1.82) is 0 Å². The largest absolute Gasteiger partial charge is 0.395 e. The summed E-state index contributed by atoms with van der Waals surface area (Å²) in [4.78, 5) is 8.76. The fraction of sp³-hybridized carbons (Fsp3) is 0.545. The Hall–Kier alpha value is -1.89. The predicted molar refractivity (Wildman–Crippen MR) is 70.6 cm³/mol. The third-order valence-electron chi connectivity index (χ3n) is 2.41. The van der Waals surface area contributed by atoms with Gasteiger partial charge in [0.05, 0.1) is 18.2 Å². The van der Waals surface area contributed by atoms with Crippen LogP contribution in [0.2, 0.25) is 0 Å². The molecule has 0 spiro atoms. The van der Waals surface area contributed by atoms with Gasteiger partial charge in [-0.05, 0) is 13.8 Å². The van der Waals surface area contributed by atoms with Gasteiger partial charge in [0.25, 0.3) is 0 Å². The SMILES string of the molecule is CC(C)Nc1nc(NCCO)nc2c1cnn2C. The van der Waals surface area contributed by atoms with Crippen molar-refractivity contribution in [1.82, 2.24) is 19.7 Å². The van der Waals surface area contributed by atoms with Gasteiger partial charge in [-0.2, -0.15) is 15.1 Å². The number of nitrogens with zero attached hydrogens (tertiary/aromatic N) is 4. The zero-order valence-electron chi connectivity index (χ0n) is 10.8. The maximum Gasteiger partial charge on any atom is 0.226 e. The van der Waals surface area contributed by atoms with Gasteiger partial charge in [-0.15, -0.1) is 0 Å². The molecule has 2 aromatic rings. The lowest BCUT2D eigenvalue weighted by molar-refractivity contribution is 0.311. The molecule has 0 bridgehead atoms. The lowest BCUT2D eigenvalue weighted by atomic mass is 10.3. The molecule has 2 aromatic heterocycles. The normalized spacial score (nSPS) is 11.2. The van der Waals surface area contributed by atoms with Crippen LogP contribution in [0, 0.1) is 0 Å². The molecule has 2 rings (SSSR count). The first-order chi connectivity index (χ1) is 8.61. The molecule has 0 radical (unpaired) electrons. The third kappa shape index (κ3) is 2.51. The topological polar surface area (TPSA) is 87.9 Å². The molecule has 7 heteroatoms. The molecule has 0 aliphatic heterocycles. The molecule has 7 nitrogen and oxygen atoms in total. The summed E-state index contributed by atoms with van der Waals surface area (Å²) in [5.41, 5.74) is 0.758. The van der Waals surface area contributed by atoms with E-state index in [1.165, 1.54) is 0 Å². The van der Waals surface area contributed by atoms with Crippen LogP contribution in [0.1, 0.15) is 13.8 Å². The molecule has 0 amide bonds. The zero-order chi connectivity index (χ0) is 13.1. The summed E-state index contributed by atoms with van der Waals surface area (Å²) < 4.78 is 1.70. The monoisotopic (exact) mass is 250 g/mol. The van der Waals surface area contributed by atoms with Crippen molar-refractivity contribution in [2.45, 2.75) is 19.9 Å². The van der Waals surface area contributed by atoms with Gasteiger partial charge in [-0.3, -0.25) is 4.68 Å². The second kappa shape index (κ2) is 5.18. The fourth-order valence-corrected chi connectivity index (χ4v) is 1.65. The van der Waals surface area contributed by atoms with Crippen LogP contribution in [0.4, 0.5) is 11.8 Å². The molecule has 2 heterocycles. The lowest BCUT2D eigenvalue weighted by Crippen LogP contribution is -2.14. The van der Waals surface area contributed by atoms with Crippen molar-refractivity contribution in [2.24, 2.45) is 7.05 Å². The van der Waals surface area contributed by atoms with Gasteiger partial charge in [0, 0.05) is 19.6 Å². The van der Waals surface area contributed by atoms with E-state index >= 15 is 0 Å². The van der Waals surface area contributed by atoms with Crippen LogP contribution in [-0.2, 0) is 7.05 Å². The average molecular weight is 250 g/mol. The van der Waals surface area contributed by atoms with E-state index in [4.69, 9.17) is 5.11 Å². The first kappa shape index (κ1) is 12.6. The maximum absolute atomic E-state index is 8.82. The molecule has 0 aliphatic rings. The van der Waals surface area contributed by atoms with Crippen molar-refractivity contribution in [3.63, 3.8) is 0 Å². The van der Waals surface area contributed by atoms with Crippen LogP contribution in [-0.4, -0.2) is 44.0 Å². The maximum atomic E-state index is 8.82. The number of aliphatic hydroxyl groups is 1. The summed E-state index contributed by atoms with van der Waals surface area (Å²) in [6.45, 7) is 4.56. The molecule has 0 saturated carbocycles. The summed E-state index contributed by atoms with van der Waals surface area (Å²) in [7, 11) is 1.84. The van der Waals surface area contributed by atoms with E-state index in [1.54, 1.807) is 10.9 Å². The minimum absolute atomic E-state index is 0.0414. The van der Waals surface area contributed by atoms with Gasteiger partial charge >= 0.3 is 0 Å². The summed E-state index contributed by atoms with van der Waals surface area (Å²) in [6.07, 6.45) is 1.75. The summed E-state index contributed by atoms with van der Waals surface area (Å²) in [6, 6.07) is 0.272. The number of aryl methyl sites for hydroxylation is 1. The van der Waals surface area contributed by atoms with E-state index in [0.29, 0.717) is 12.5 Å². The number of fused-ring (bicyclic) bond motifs is 1. The Morgan fingerprint density at radius 2 is 2.17 bits per heavy atom. The Bertz CT molecular complexity index is 536. The predicted octanol–water partition coefficient (Wildman–Crippen LogP) is 0.588. The summed E-state index contributed by atoms with van der Waals surface area (Å²) in [5.74, 6) is 1.24. The van der Waals surface area contributed by atoms with E-state index in [2.05, 4.69) is 25.7 Å². The number of rotatable bonds is 5. The Kier molecular flexibility index (Phi) is 3.61. The highest BCUT2D eigenvalue weighted by molar-refractivity contribution is 5.87. The molecule has 0 fully saturated rings. The zero-order valence-corrected chi connectivity index (χ0v) is 10.8. The van der Waals surface area contributed by atoms with Gasteiger partial charge in [-0.25, -0.2) is 0 Å². The van der Waals surface area contributed by atoms with Crippen LogP contribution >= 0.6 is 0 Å². The summed E-state index contributed by atoms with van der Waals surface area (Å²) in [5, 5.41) is 20.1. The number of hydrogen-bond acceptors (Lipinski definition) is 6. The van der Waals surface area contributed by atoms with Gasteiger partial charge in [0.2, 0.25) is 5.95 Å². The lowest BCUT2D eigenvalue weighted by Gasteiger charge is -2.11. The summed E-state index contributed by atoms with van der Waals surface area (Å²) >= 11 is 0. The van der Waals surface area contributed by atoms with E-state index in [1.807, 2.05) is 20.9 Å². The number of aliphatic hydroxyl groups excluding tert-OH is 1. The first-order valence-electron chi connectivity index (χ1n) is 5.93. The molecule has 0 aromatic carbocycles. The number of nitrogens with one attached hydrogen (secondary N) is 2. The van der Waals surface area contributed by atoms with Crippen molar-refractivity contribution in [3.8, 4) is 0 Å². The van der Waals surface area contributed by atoms with Crippen molar-refractivity contribution >= 4 is 22.8 Å². The number of anilines is 2. The van der Waals surface area contributed by atoms with Gasteiger partial charge in [-0.1, -0.05) is 0 Å². The molecule has 0 atom stereocenters. The molecule has 18 heavy (non-hydrogen) atoms. The van der Waals surface area contributed by atoms with Crippen molar-refractivity contribution in [2.75, 3.05) is 23.8 Å². The van der Waals surface area contributed by atoms with Crippen molar-refractivity contribution in [3.05, 3.63) is 6.20 Å². The van der Waals surface area contributed by atoms with E-state index in [0.717, 1.165) is 16.9 Å². The van der Waals surface area contributed by atoms with Crippen LogP contribution in [0.5, 0.6) is 0 Å². The minimum Gasteiger partial charge on any atom is -0.395 e. The standard InChI is InChI=1S/C11H18N6O/c1-7(2)14-9-8-6-13-17(3)10(8)16-11(15-9)12-4-5-18/h6-7,18H,4-5H2,1-3H3,(H2,12,14,15,16). The Morgan fingerprint density at radius 3 is 2.83 bits per heavy atom. The highest BCUT2D eigenvalue weighted by Crippen LogP contribution is 2.21. The van der Waals surface area contributed by atoms with Crippen LogP contribution < -0.4 is 10.6 Å². The van der Waals surface area contributed by atoms with E-state index in [9.17, 15) is 0 Å². The van der Waals surface area contributed by atoms with Crippen LogP contribution in [0.15, 0.2) is 6.20 Å².